The topological polar surface area (TPSA) is 70.5 Å². The molecule has 0 aliphatic carbocycles. The molecule has 0 bridgehead atoms. The number of hydrogen-bond donors (Lipinski definition) is 2. The van der Waals surface area contributed by atoms with Crippen LogP contribution in [0.1, 0.15) is 11.7 Å². The first-order valence-corrected chi connectivity index (χ1v) is 5.70. The third kappa shape index (κ3) is 2.12. The number of aromatic nitrogens is 4. The molecule has 0 saturated carbocycles. The minimum atomic E-state index is 0.310. The van der Waals surface area contributed by atoms with E-state index in [1.807, 2.05) is 24.3 Å². The van der Waals surface area contributed by atoms with Crippen LogP contribution in [0, 0.1) is 4.84 Å². The lowest BCUT2D eigenvalue weighted by molar-refractivity contribution is 0.478. The van der Waals surface area contributed by atoms with Gasteiger partial charge in [0.2, 0.25) is 5.89 Å². The zero-order chi connectivity index (χ0) is 11.7. The SMILES string of the molecule is S=c1[nH]nc(CCc2nc3ccccc3[nH]2)o1. The van der Waals surface area contributed by atoms with E-state index in [4.69, 9.17) is 16.6 Å². The van der Waals surface area contributed by atoms with Crippen molar-refractivity contribution in [1.82, 2.24) is 20.2 Å². The van der Waals surface area contributed by atoms with Gasteiger partial charge in [-0.25, -0.2) is 10.1 Å². The first kappa shape index (κ1) is 10.2. The number of rotatable bonds is 3. The molecule has 3 rings (SSSR count). The molecule has 6 heteroatoms. The van der Waals surface area contributed by atoms with Gasteiger partial charge in [0, 0.05) is 12.8 Å². The van der Waals surface area contributed by atoms with Crippen LogP contribution in [0.4, 0.5) is 0 Å². The summed E-state index contributed by atoms with van der Waals surface area (Å²) in [6.07, 6.45) is 1.42. The van der Waals surface area contributed by atoms with Gasteiger partial charge in [0.25, 0.3) is 4.84 Å². The van der Waals surface area contributed by atoms with E-state index in [0.29, 0.717) is 17.1 Å². The summed E-state index contributed by atoms with van der Waals surface area (Å²) in [5.74, 6) is 1.53. The molecule has 2 aromatic heterocycles. The molecule has 0 atom stereocenters. The molecule has 3 aromatic rings. The molecule has 5 nitrogen and oxygen atoms in total. The van der Waals surface area contributed by atoms with E-state index in [-0.39, 0.29) is 0 Å². The maximum Gasteiger partial charge on any atom is 0.284 e. The van der Waals surface area contributed by atoms with Crippen molar-refractivity contribution < 1.29 is 4.42 Å². The molecule has 0 unspecified atom stereocenters. The van der Waals surface area contributed by atoms with Crippen molar-refractivity contribution >= 4 is 23.3 Å². The van der Waals surface area contributed by atoms with E-state index >= 15 is 0 Å². The molecule has 17 heavy (non-hydrogen) atoms. The van der Waals surface area contributed by atoms with Crippen LogP contribution in [0.3, 0.4) is 0 Å². The number of hydrogen-bond acceptors (Lipinski definition) is 4. The monoisotopic (exact) mass is 246 g/mol. The zero-order valence-electron chi connectivity index (χ0n) is 8.93. The molecule has 0 amide bonds. The normalized spacial score (nSPS) is 11.1. The third-order valence-corrected chi connectivity index (χ3v) is 2.67. The maximum absolute atomic E-state index is 5.19. The van der Waals surface area contributed by atoms with Gasteiger partial charge in [0.05, 0.1) is 11.0 Å². The molecule has 0 aliphatic heterocycles. The van der Waals surface area contributed by atoms with E-state index in [1.165, 1.54) is 0 Å². The number of aryl methyl sites for hydroxylation is 2. The van der Waals surface area contributed by atoms with E-state index in [1.54, 1.807) is 0 Å². The van der Waals surface area contributed by atoms with E-state index < -0.39 is 0 Å². The molecular formula is C11H10N4OS. The summed E-state index contributed by atoms with van der Waals surface area (Å²) in [5.41, 5.74) is 2.02. The second kappa shape index (κ2) is 4.14. The fourth-order valence-electron chi connectivity index (χ4n) is 1.72. The fraction of sp³-hybridized carbons (Fsp3) is 0.182. The zero-order valence-corrected chi connectivity index (χ0v) is 9.75. The predicted molar refractivity (Wildman–Crippen MR) is 65.2 cm³/mol. The van der Waals surface area contributed by atoms with Gasteiger partial charge in [-0.1, -0.05) is 12.1 Å². The molecule has 2 N–H and O–H groups in total. The Hall–Kier alpha value is -1.95. The number of aromatic amines is 2. The molecular weight excluding hydrogens is 236 g/mol. The van der Waals surface area contributed by atoms with Gasteiger partial charge < -0.3 is 9.40 Å². The van der Waals surface area contributed by atoms with E-state index in [9.17, 15) is 0 Å². The summed E-state index contributed by atoms with van der Waals surface area (Å²) in [5, 5.41) is 6.55. The average Bonchev–Trinajstić information content (AvgIpc) is 2.91. The van der Waals surface area contributed by atoms with Crippen molar-refractivity contribution in [1.29, 1.82) is 0 Å². The lowest BCUT2D eigenvalue weighted by Gasteiger charge is -1.91. The second-order valence-corrected chi connectivity index (χ2v) is 4.08. The summed E-state index contributed by atoms with van der Waals surface area (Å²) in [6.45, 7) is 0. The molecule has 2 heterocycles. The summed E-state index contributed by atoms with van der Waals surface area (Å²) >= 11 is 4.81. The molecule has 0 spiro atoms. The van der Waals surface area contributed by atoms with Gasteiger partial charge in [0.1, 0.15) is 5.82 Å². The van der Waals surface area contributed by atoms with Gasteiger partial charge in [-0.05, 0) is 24.4 Å². The van der Waals surface area contributed by atoms with Crippen molar-refractivity contribution in [2.45, 2.75) is 12.8 Å². The minimum absolute atomic E-state index is 0.310. The van der Waals surface area contributed by atoms with Crippen molar-refractivity contribution in [2.24, 2.45) is 0 Å². The second-order valence-electron chi connectivity index (χ2n) is 3.71. The molecule has 0 fully saturated rings. The number of nitrogens with one attached hydrogen (secondary N) is 2. The first-order chi connectivity index (χ1) is 8.31. The van der Waals surface area contributed by atoms with Crippen LogP contribution in [0.5, 0.6) is 0 Å². The Balaban J connectivity index is 1.78. The Labute approximate surface area is 102 Å². The van der Waals surface area contributed by atoms with Crippen LogP contribution in [-0.2, 0) is 12.8 Å². The molecule has 86 valence electrons. The number of fused-ring (bicyclic) bond motifs is 1. The highest BCUT2D eigenvalue weighted by atomic mass is 32.1. The number of nitrogens with zero attached hydrogens (tertiary/aromatic N) is 2. The summed E-state index contributed by atoms with van der Waals surface area (Å²) in [7, 11) is 0. The standard InChI is InChI=1S/C11H10N4OS/c17-11-15-14-10(16-11)6-5-9-12-7-3-1-2-4-8(7)13-9/h1-4H,5-6H2,(H,12,13)(H,15,17). The third-order valence-electron chi connectivity index (χ3n) is 2.50. The van der Waals surface area contributed by atoms with Crippen molar-refractivity contribution in [2.75, 3.05) is 0 Å². The Morgan fingerprint density at radius 3 is 2.88 bits per heavy atom. The first-order valence-electron chi connectivity index (χ1n) is 5.29. The van der Waals surface area contributed by atoms with Crippen LogP contribution >= 0.6 is 12.2 Å². The molecule has 0 radical (unpaired) electrons. The fourth-order valence-corrected chi connectivity index (χ4v) is 1.86. The van der Waals surface area contributed by atoms with Crippen LogP contribution in [-0.4, -0.2) is 20.2 Å². The van der Waals surface area contributed by atoms with Crippen molar-refractivity contribution in [3.63, 3.8) is 0 Å². The highest BCUT2D eigenvalue weighted by Crippen LogP contribution is 2.11. The van der Waals surface area contributed by atoms with Gasteiger partial charge in [-0.15, -0.1) is 5.10 Å². The summed E-state index contributed by atoms with van der Waals surface area (Å²) in [4.78, 5) is 8.04. The van der Waals surface area contributed by atoms with Gasteiger partial charge in [0.15, 0.2) is 0 Å². The van der Waals surface area contributed by atoms with Crippen LogP contribution in [0.25, 0.3) is 11.0 Å². The van der Waals surface area contributed by atoms with Crippen molar-refractivity contribution in [3.05, 3.63) is 40.8 Å². The lowest BCUT2D eigenvalue weighted by atomic mass is 10.3. The van der Waals surface area contributed by atoms with Gasteiger partial charge in [-0.2, -0.15) is 0 Å². The summed E-state index contributed by atoms with van der Waals surface area (Å²) < 4.78 is 5.19. The Bertz CT molecular complexity index is 663. The molecule has 0 saturated heterocycles. The van der Waals surface area contributed by atoms with Crippen LogP contribution < -0.4 is 0 Å². The quantitative estimate of drug-likeness (QED) is 0.696. The van der Waals surface area contributed by atoms with Gasteiger partial charge >= 0.3 is 0 Å². The Morgan fingerprint density at radius 2 is 2.12 bits per heavy atom. The number of benzene rings is 1. The summed E-state index contributed by atoms with van der Waals surface area (Å²) in [6, 6.07) is 7.94. The highest BCUT2D eigenvalue weighted by molar-refractivity contribution is 7.71. The van der Waals surface area contributed by atoms with Crippen LogP contribution in [0.15, 0.2) is 28.7 Å². The smallest absolute Gasteiger partial charge is 0.284 e. The highest BCUT2D eigenvalue weighted by Gasteiger charge is 2.05. The minimum Gasteiger partial charge on any atom is -0.414 e. The van der Waals surface area contributed by atoms with Gasteiger partial charge in [-0.3, -0.25) is 0 Å². The van der Waals surface area contributed by atoms with Crippen LogP contribution in [0.2, 0.25) is 0 Å². The lowest BCUT2D eigenvalue weighted by Crippen LogP contribution is -1.93. The largest absolute Gasteiger partial charge is 0.414 e. The average molecular weight is 246 g/mol. The predicted octanol–water partition coefficient (Wildman–Crippen LogP) is 2.39. The number of imidazole rings is 1. The number of H-pyrrole nitrogens is 2. The van der Waals surface area contributed by atoms with Crippen molar-refractivity contribution in [3.8, 4) is 0 Å². The number of para-hydroxylation sites is 2. The maximum atomic E-state index is 5.19. The molecule has 1 aromatic carbocycles. The Morgan fingerprint density at radius 1 is 1.24 bits per heavy atom. The van der Waals surface area contributed by atoms with E-state index in [2.05, 4.69) is 20.2 Å². The van der Waals surface area contributed by atoms with E-state index in [0.717, 1.165) is 23.3 Å². The molecule has 0 aliphatic rings. The Kier molecular flexibility index (Phi) is 2.49.